The summed E-state index contributed by atoms with van der Waals surface area (Å²) >= 11 is 0. The van der Waals surface area contributed by atoms with Crippen LogP contribution in [0.5, 0.6) is 5.75 Å². The van der Waals surface area contributed by atoms with Crippen molar-refractivity contribution in [2.24, 2.45) is 34.5 Å². The Hall–Kier alpha value is -1.84. The van der Waals surface area contributed by atoms with E-state index < -0.39 is 0 Å². The fraction of sp³-hybridized carbons (Fsp3) is 0.680. The number of ether oxygens (including phenoxy) is 1. The van der Waals surface area contributed by atoms with Crippen molar-refractivity contribution < 1.29 is 9.53 Å². The van der Waals surface area contributed by atoms with Gasteiger partial charge in [-0.25, -0.2) is 0 Å². The smallest absolute Gasteiger partial charge is 0.220 e. The SMILES string of the molecule is CCOc1cncc(C2=CC[C@H]3[C@@H]4CC[C@H]5CNC(=O)C[C@]5(C)[C@H]4CC[C@]23C)c1. The van der Waals surface area contributed by atoms with Gasteiger partial charge in [-0.05, 0) is 90.7 Å². The summed E-state index contributed by atoms with van der Waals surface area (Å²) in [6.07, 6.45) is 13.2. The van der Waals surface area contributed by atoms with E-state index in [1.807, 2.05) is 19.3 Å². The Labute approximate surface area is 174 Å². The lowest BCUT2D eigenvalue weighted by atomic mass is 9.46. The van der Waals surface area contributed by atoms with Crippen LogP contribution in [0.3, 0.4) is 0 Å². The molecule has 2 saturated carbocycles. The number of carbonyl (C=O) groups excluding carboxylic acids is 1. The fourth-order valence-corrected chi connectivity index (χ4v) is 7.62. The number of hydrogen-bond donors (Lipinski definition) is 1. The zero-order valence-electron chi connectivity index (χ0n) is 18.0. The molecule has 1 aromatic rings. The van der Waals surface area contributed by atoms with E-state index in [2.05, 4.69) is 36.3 Å². The van der Waals surface area contributed by atoms with E-state index in [1.165, 1.54) is 43.2 Å². The Bertz CT molecular complexity index is 849. The highest BCUT2D eigenvalue weighted by molar-refractivity contribution is 5.78. The van der Waals surface area contributed by atoms with Crippen molar-refractivity contribution in [3.8, 4) is 5.75 Å². The molecule has 5 rings (SSSR count). The zero-order chi connectivity index (χ0) is 20.2. The van der Waals surface area contributed by atoms with Crippen molar-refractivity contribution in [3.05, 3.63) is 30.1 Å². The summed E-state index contributed by atoms with van der Waals surface area (Å²) in [4.78, 5) is 16.7. The average molecular weight is 395 g/mol. The van der Waals surface area contributed by atoms with Crippen LogP contribution in [0.4, 0.5) is 0 Å². The molecule has 4 heteroatoms. The van der Waals surface area contributed by atoms with Gasteiger partial charge in [0.25, 0.3) is 0 Å². The number of fused-ring (bicyclic) bond motifs is 5. The average Bonchev–Trinajstić information content (AvgIpc) is 3.05. The predicted molar refractivity (Wildman–Crippen MR) is 114 cm³/mol. The molecule has 0 radical (unpaired) electrons. The normalized spacial score (nSPS) is 40.9. The van der Waals surface area contributed by atoms with Gasteiger partial charge in [-0.2, -0.15) is 0 Å². The topological polar surface area (TPSA) is 51.2 Å². The number of piperidine rings is 1. The summed E-state index contributed by atoms with van der Waals surface area (Å²) in [6.45, 7) is 8.49. The van der Waals surface area contributed by atoms with Gasteiger partial charge in [-0.3, -0.25) is 9.78 Å². The first-order valence-corrected chi connectivity index (χ1v) is 11.5. The lowest BCUT2D eigenvalue weighted by Gasteiger charge is -2.59. The minimum absolute atomic E-state index is 0.186. The number of carbonyl (C=O) groups is 1. The van der Waals surface area contributed by atoms with Crippen LogP contribution in [0.15, 0.2) is 24.5 Å². The van der Waals surface area contributed by atoms with Crippen molar-refractivity contribution in [3.63, 3.8) is 0 Å². The van der Waals surface area contributed by atoms with E-state index in [9.17, 15) is 4.79 Å². The maximum atomic E-state index is 12.3. The molecule has 29 heavy (non-hydrogen) atoms. The summed E-state index contributed by atoms with van der Waals surface area (Å²) in [5.74, 6) is 3.90. The molecule has 4 aliphatic rings. The van der Waals surface area contributed by atoms with Crippen molar-refractivity contribution >= 4 is 11.5 Å². The standard InChI is InChI=1S/C25H34N2O2/c1-4-29-18-11-16(13-26-15-18)20-7-8-21-19-6-5-17-14-27-23(28)12-25(17,3)22(19)9-10-24(20,21)2/h7,11,13,15,17,19,21-22H,4-6,8-10,12,14H2,1-3H3,(H,27,28)/t17-,19-,21-,22-,24+,25-/m0/s1. The fourth-order valence-electron chi connectivity index (χ4n) is 7.62. The largest absolute Gasteiger partial charge is 0.492 e. The summed E-state index contributed by atoms with van der Waals surface area (Å²) < 4.78 is 5.72. The van der Waals surface area contributed by atoms with Crippen LogP contribution in [0.25, 0.3) is 5.57 Å². The summed E-state index contributed by atoms with van der Waals surface area (Å²) in [7, 11) is 0. The molecule has 156 valence electrons. The number of nitrogens with zero attached hydrogens (tertiary/aromatic N) is 1. The van der Waals surface area contributed by atoms with Gasteiger partial charge in [0, 0.05) is 19.2 Å². The van der Waals surface area contributed by atoms with E-state index in [0.717, 1.165) is 24.6 Å². The summed E-state index contributed by atoms with van der Waals surface area (Å²) in [5, 5.41) is 3.13. The van der Waals surface area contributed by atoms with Crippen LogP contribution in [0.2, 0.25) is 0 Å². The third kappa shape index (κ3) is 2.85. The van der Waals surface area contributed by atoms with E-state index >= 15 is 0 Å². The zero-order valence-corrected chi connectivity index (χ0v) is 18.0. The van der Waals surface area contributed by atoms with Crippen molar-refractivity contribution in [1.82, 2.24) is 10.3 Å². The first-order valence-electron chi connectivity index (χ1n) is 11.5. The van der Waals surface area contributed by atoms with Crippen LogP contribution in [-0.4, -0.2) is 24.0 Å². The van der Waals surface area contributed by atoms with Crippen LogP contribution in [0.1, 0.15) is 64.9 Å². The number of allylic oxidation sites excluding steroid dienone is 2. The number of rotatable bonds is 3. The van der Waals surface area contributed by atoms with Crippen LogP contribution in [0, 0.1) is 34.5 Å². The molecule has 3 aliphatic carbocycles. The third-order valence-corrected chi connectivity index (χ3v) is 9.07. The molecule has 3 fully saturated rings. The molecule has 0 aromatic carbocycles. The number of pyridine rings is 1. The van der Waals surface area contributed by atoms with E-state index in [0.29, 0.717) is 24.4 Å². The maximum absolute atomic E-state index is 12.3. The molecule has 0 spiro atoms. The molecule has 1 aliphatic heterocycles. The Balaban J connectivity index is 1.43. The second kappa shape index (κ2) is 6.85. The highest BCUT2D eigenvalue weighted by Crippen LogP contribution is 2.66. The Kier molecular flexibility index (Phi) is 4.52. The molecule has 1 N–H and O–H groups in total. The van der Waals surface area contributed by atoms with E-state index in [-0.39, 0.29) is 16.7 Å². The Morgan fingerprint density at radius 1 is 1.21 bits per heavy atom. The Morgan fingerprint density at radius 2 is 2.07 bits per heavy atom. The first kappa shape index (κ1) is 19.1. The van der Waals surface area contributed by atoms with Crippen LogP contribution >= 0.6 is 0 Å². The van der Waals surface area contributed by atoms with Gasteiger partial charge in [-0.1, -0.05) is 19.9 Å². The molecule has 1 amide bonds. The van der Waals surface area contributed by atoms with Gasteiger partial charge >= 0.3 is 0 Å². The molecular formula is C25H34N2O2. The third-order valence-electron chi connectivity index (χ3n) is 9.07. The van der Waals surface area contributed by atoms with Gasteiger partial charge < -0.3 is 10.1 Å². The molecule has 4 nitrogen and oxygen atoms in total. The van der Waals surface area contributed by atoms with Gasteiger partial charge in [0.2, 0.25) is 5.91 Å². The molecule has 1 aromatic heterocycles. The lowest BCUT2D eigenvalue weighted by molar-refractivity contribution is -0.139. The monoisotopic (exact) mass is 394 g/mol. The molecule has 2 heterocycles. The quantitative estimate of drug-likeness (QED) is 0.797. The number of nitrogens with one attached hydrogen (secondary N) is 1. The number of amides is 1. The second-order valence-corrected chi connectivity index (χ2v) is 10.3. The second-order valence-electron chi connectivity index (χ2n) is 10.3. The number of aromatic nitrogens is 1. The van der Waals surface area contributed by atoms with Crippen LogP contribution < -0.4 is 10.1 Å². The highest BCUT2D eigenvalue weighted by atomic mass is 16.5. The minimum Gasteiger partial charge on any atom is -0.492 e. The van der Waals surface area contributed by atoms with E-state index in [1.54, 1.807) is 0 Å². The maximum Gasteiger partial charge on any atom is 0.220 e. The van der Waals surface area contributed by atoms with Gasteiger partial charge in [0.05, 0.1) is 12.8 Å². The molecular weight excluding hydrogens is 360 g/mol. The van der Waals surface area contributed by atoms with Crippen molar-refractivity contribution in [1.29, 1.82) is 0 Å². The van der Waals surface area contributed by atoms with Crippen molar-refractivity contribution in [2.75, 3.05) is 13.2 Å². The molecule has 0 unspecified atom stereocenters. The Morgan fingerprint density at radius 3 is 2.90 bits per heavy atom. The number of hydrogen-bond acceptors (Lipinski definition) is 3. The molecule has 0 bridgehead atoms. The van der Waals surface area contributed by atoms with Gasteiger partial charge in [0.15, 0.2) is 0 Å². The van der Waals surface area contributed by atoms with Gasteiger partial charge in [0.1, 0.15) is 5.75 Å². The summed E-state index contributed by atoms with van der Waals surface area (Å²) in [6, 6.07) is 2.17. The molecule has 1 saturated heterocycles. The van der Waals surface area contributed by atoms with Crippen molar-refractivity contribution in [2.45, 2.75) is 59.3 Å². The van der Waals surface area contributed by atoms with Crippen LogP contribution in [-0.2, 0) is 4.79 Å². The molecule has 6 atom stereocenters. The first-order chi connectivity index (χ1) is 14.0. The highest BCUT2D eigenvalue weighted by Gasteiger charge is 2.59. The predicted octanol–water partition coefficient (Wildman–Crippen LogP) is 4.85. The van der Waals surface area contributed by atoms with Gasteiger partial charge in [-0.15, -0.1) is 0 Å². The lowest BCUT2D eigenvalue weighted by Crippen LogP contribution is -2.57. The minimum atomic E-state index is 0.186. The summed E-state index contributed by atoms with van der Waals surface area (Å²) in [5.41, 5.74) is 3.11. The van der Waals surface area contributed by atoms with E-state index in [4.69, 9.17) is 4.74 Å².